The van der Waals surface area contributed by atoms with Crippen molar-refractivity contribution in [1.29, 1.82) is 0 Å². The molecule has 104 valence electrons. The van der Waals surface area contributed by atoms with Crippen LogP contribution >= 0.6 is 34.5 Å². The maximum atomic E-state index is 12.7. The Hall–Kier alpha value is -1.07. The van der Waals surface area contributed by atoms with E-state index in [1.54, 1.807) is 11.0 Å². The van der Waals surface area contributed by atoms with Gasteiger partial charge in [-0.05, 0) is 17.7 Å². The van der Waals surface area contributed by atoms with Crippen molar-refractivity contribution in [3.05, 3.63) is 50.1 Å². The van der Waals surface area contributed by atoms with Crippen LogP contribution in [0.2, 0.25) is 8.67 Å². The summed E-state index contributed by atoms with van der Waals surface area (Å²) < 4.78 is 0.967. The quantitative estimate of drug-likeness (QED) is 0.864. The second kappa shape index (κ2) is 5.74. The minimum Gasteiger partial charge on any atom is -0.311 e. The van der Waals surface area contributed by atoms with Crippen LogP contribution in [-0.4, -0.2) is 19.0 Å². The molecule has 0 unspecified atom stereocenters. The van der Waals surface area contributed by atoms with E-state index in [0.29, 0.717) is 20.8 Å². The Kier molecular flexibility index (Phi) is 3.98. The molecule has 0 saturated heterocycles. The number of carbonyl (C=O) groups is 1. The van der Waals surface area contributed by atoms with Crippen molar-refractivity contribution in [3.63, 3.8) is 0 Å². The zero-order chi connectivity index (χ0) is 14.1. The number of thiophene rings is 1. The van der Waals surface area contributed by atoms with Crippen LogP contribution in [0.3, 0.4) is 0 Å². The first-order valence-corrected chi connectivity index (χ1v) is 7.79. The highest BCUT2D eigenvalue weighted by Gasteiger charge is 2.24. The summed E-state index contributed by atoms with van der Waals surface area (Å²) >= 11 is 13.2. The Morgan fingerprint density at radius 1 is 1.30 bits per heavy atom. The monoisotopic (exact) mass is 326 g/mol. The summed E-state index contributed by atoms with van der Waals surface area (Å²) in [6.07, 6.45) is 0. The third-order valence-corrected chi connectivity index (χ3v) is 4.73. The molecule has 0 atom stereocenters. The highest BCUT2D eigenvalue weighted by molar-refractivity contribution is 7.20. The summed E-state index contributed by atoms with van der Waals surface area (Å²) in [5.74, 6) is -0.102. The van der Waals surface area contributed by atoms with E-state index in [9.17, 15) is 4.79 Å². The van der Waals surface area contributed by atoms with E-state index in [0.717, 1.165) is 24.3 Å². The Morgan fingerprint density at radius 3 is 2.85 bits per heavy atom. The molecule has 1 aliphatic heterocycles. The second-order valence-electron chi connectivity index (χ2n) is 4.50. The predicted molar refractivity (Wildman–Crippen MR) is 84.2 cm³/mol. The fourth-order valence-corrected chi connectivity index (χ4v) is 3.75. The van der Waals surface area contributed by atoms with Crippen LogP contribution in [0.25, 0.3) is 0 Å². The van der Waals surface area contributed by atoms with Crippen molar-refractivity contribution in [1.82, 2.24) is 5.32 Å². The van der Waals surface area contributed by atoms with Gasteiger partial charge in [0.1, 0.15) is 4.34 Å². The number of benzene rings is 1. The van der Waals surface area contributed by atoms with Gasteiger partial charge < -0.3 is 10.2 Å². The van der Waals surface area contributed by atoms with Gasteiger partial charge in [-0.3, -0.25) is 4.79 Å². The molecule has 6 heteroatoms. The lowest BCUT2D eigenvalue weighted by Gasteiger charge is -2.22. The van der Waals surface area contributed by atoms with Crippen molar-refractivity contribution in [3.8, 4) is 0 Å². The molecule has 1 aromatic carbocycles. The number of hydrogen-bond acceptors (Lipinski definition) is 3. The van der Waals surface area contributed by atoms with E-state index in [2.05, 4.69) is 5.32 Å². The molecule has 0 saturated carbocycles. The fourth-order valence-electron chi connectivity index (χ4n) is 2.30. The minimum atomic E-state index is -0.102. The molecule has 2 heterocycles. The highest BCUT2D eigenvalue weighted by atomic mass is 35.5. The number of halogens is 2. The molecular weight excluding hydrogens is 315 g/mol. The molecule has 1 aromatic heterocycles. The summed E-state index contributed by atoms with van der Waals surface area (Å²) in [5, 5.41) is 3.31. The average molecular weight is 327 g/mol. The SMILES string of the molecule is O=C(c1cc(Cl)sc1Cl)N1CCNCc2ccccc21. The molecule has 0 radical (unpaired) electrons. The smallest absolute Gasteiger partial charge is 0.260 e. The maximum absolute atomic E-state index is 12.7. The summed E-state index contributed by atoms with van der Waals surface area (Å²) in [5.41, 5.74) is 2.51. The molecule has 3 nitrogen and oxygen atoms in total. The van der Waals surface area contributed by atoms with E-state index in [1.165, 1.54) is 11.3 Å². The van der Waals surface area contributed by atoms with Crippen LogP contribution in [0.1, 0.15) is 15.9 Å². The molecule has 1 amide bonds. The van der Waals surface area contributed by atoms with Gasteiger partial charge in [0.2, 0.25) is 0 Å². The summed E-state index contributed by atoms with van der Waals surface area (Å²) in [6, 6.07) is 9.53. The van der Waals surface area contributed by atoms with E-state index >= 15 is 0 Å². The largest absolute Gasteiger partial charge is 0.311 e. The number of nitrogens with one attached hydrogen (secondary N) is 1. The fraction of sp³-hybridized carbons (Fsp3) is 0.214. The van der Waals surface area contributed by atoms with Gasteiger partial charge in [0, 0.05) is 25.3 Å². The lowest BCUT2D eigenvalue weighted by atomic mass is 10.1. The van der Waals surface area contributed by atoms with Crippen LogP contribution in [0, 0.1) is 0 Å². The van der Waals surface area contributed by atoms with Crippen molar-refractivity contribution in [2.45, 2.75) is 6.54 Å². The molecule has 2 aromatic rings. The zero-order valence-electron chi connectivity index (χ0n) is 10.5. The Bertz CT molecular complexity index is 656. The first-order valence-electron chi connectivity index (χ1n) is 6.22. The molecule has 1 aliphatic rings. The second-order valence-corrected chi connectivity index (χ2v) is 6.79. The number of fused-ring (bicyclic) bond motifs is 1. The Labute approximate surface area is 131 Å². The first kappa shape index (κ1) is 13.9. The van der Waals surface area contributed by atoms with Gasteiger partial charge in [-0.1, -0.05) is 41.4 Å². The molecule has 3 rings (SSSR count). The minimum absolute atomic E-state index is 0.102. The van der Waals surface area contributed by atoms with Crippen molar-refractivity contribution < 1.29 is 4.79 Å². The normalized spacial score (nSPS) is 14.8. The Balaban J connectivity index is 2.01. The van der Waals surface area contributed by atoms with Gasteiger partial charge in [0.15, 0.2) is 0 Å². The summed E-state index contributed by atoms with van der Waals surface area (Å²) in [7, 11) is 0. The van der Waals surface area contributed by atoms with E-state index in [4.69, 9.17) is 23.2 Å². The van der Waals surface area contributed by atoms with Gasteiger partial charge in [0.05, 0.1) is 9.90 Å². The maximum Gasteiger partial charge on any atom is 0.260 e. The molecule has 0 fully saturated rings. The summed E-state index contributed by atoms with van der Waals surface area (Å²) in [4.78, 5) is 14.5. The van der Waals surface area contributed by atoms with Gasteiger partial charge in [-0.2, -0.15) is 0 Å². The number of amides is 1. The van der Waals surface area contributed by atoms with Crippen LogP contribution in [-0.2, 0) is 6.54 Å². The number of para-hydroxylation sites is 1. The topological polar surface area (TPSA) is 32.3 Å². The third kappa shape index (κ3) is 2.56. The van der Waals surface area contributed by atoms with Crippen LogP contribution in [0.4, 0.5) is 5.69 Å². The number of rotatable bonds is 1. The molecule has 20 heavy (non-hydrogen) atoms. The van der Waals surface area contributed by atoms with Crippen LogP contribution < -0.4 is 10.2 Å². The van der Waals surface area contributed by atoms with Crippen LogP contribution in [0.15, 0.2) is 30.3 Å². The standard InChI is InChI=1S/C14H12Cl2N2OS/c15-12-7-10(13(16)20-12)14(19)18-6-5-17-8-9-3-1-2-4-11(9)18/h1-4,7,17H,5-6,8H2. The molecular formula is C14H12Cl2N2OS. The Morgan fingerprint density at radius 2 is 2.10 bits per heavy atom. The summed E-state index contributed by atoms with van der Waals surface area (Å²) in [6.45, 7) is 2.12. The number of hydrogen-bond donors (Lipinski definition) is 1. The third-order valence-electron chi connectivity index (χ3n) is 3.24. The molecule has 1 N–H and O–H groups in total. The highest BCUT2D eigenvalue weighted by Crippen LogP contribution is 2.33. The lowest BCUT2D eigenvalue weighted by molar-refractivity contribution is 0.0988. The zero-order valence-corrected chi connectivity index (χ0v) is 12.9. The van der Waals surface area contributed by atoms with Crippen LogP contribution in [0.5, 0.6) is 0 Å². The van der Waals surface area contributed by atoms with E-state index in [1.807, 2.05) is 24.3 Å². The molecule has 0 bridgehead atoms. The molecule has 0 spiro atoms. The van der Waals surface area contributed by atoms with Gasteiger partial charge >= 0.3 is 0 Å². The number of nitrogens with zero attached hydrogens (tertiary/aromatic N) is 1. The number of carbonyl (C=O) groups excluding carboxylic acids is 1. The molecule has 0 aliphatic carbocycles. The van der Waals surface area contributed by atoms with Crippen molar-refractivity contribution in [2.24, 2.45) is 0 Å². The van der Waals surface area contributed by atoms with E-state index in [-0.39, 0.29) is 5.91 Å². The number of anilines is 1. The van der Waals surface area contributed by atoms with Crippen molar-refractivity contribution >= 4 is 46.1 Å². The van der Waals surface area contributed by atoms with Gasteiger partial charge in [-0.15, -0.1) is 11.3 Å². The van der Waals surface area contributed by atoms with E-state index < -0.39 is 0 Å². The first-order chi connectivity index (χ1) is 9.66. The van der Waals surface area contributed by atoms with Crippen molar-refractivity contribution in [2.75, 3.05) is 18.0 Å². The lowest BCUT2D eigenvalue weighted by Crippen LogP contribution is -2.34. The predicted octanol–water partition coefficient (Wildman–Crippen LogP) is 3.80. The van der Waals surface area contributed by atoms with Gasteiger partial charge in [0.25, 0.3) is 5.91 Å². The van der Waals surface area contributed by atoms with Gasteiger partial charge in [-0.25, -0.2) is 0 Å². The average Bonchev–Trinajstić information content (AvgIpc) is 2.66.